The molecule has 0 fully saturated rings. The van der Waals surface area contributed by atoms with Crippen molar-refractivity contribution in [3.05, 3.63) is 42.0 Å². The third kappa shape index (κ3) is 3.01. The Balaban J connectivity index is 1.50. The van der Waals surface area contributed by atoms with Crippen LogP contribution in [0.4, 0.5) is 5.69 Å². The standard InChI is InChI=1S/C18H18N4O5/c23-14(22-7-5-11-16(20-10-19-11)17(22)18(25)26)6-8-21-12-3-1-2-4-13(12)27-9-15(21)24/h1-4,10,17H,5-9H2,(H,19,20)(H,25,26)/t17-/m0/s1. The number of para-hydroxylation sites is 2. The Bertz CT molecular complexity index is 909. The summed E-state index contributed by atoms with van der Waals surface area (Å²) in [4.78, 5) is 46.5. The number of hydrogen-bond acceptors (Lipinski definition) is 5. The number of carboxylic acid groups (broad SMARTS) is 1. The van der Waals surface area contributed by atoms with Crippen molar-refractivity contribution in [2.75, 3.05) is 24.6 Å². The minimum absolute atomic E-state index is 0.0175. The van der Waals surface area contributed by atoms with Crippen molar-refractivity contribution in [2.24, 2.45) is 0 Å². The summed E-state index contributed by atoms with van der Waals surface area (Å²) in [5.41, 5.74) is 1.73. The van der Waals surface area contributed by atoms with E-state index in [4.69, 9.17) is 4.74 Å². The van der Waals surface area contributed by atoms with Crippen LogP contribution in [-0.4, -0.2) is 57.5 Å². The van der Waals surface area contributed by atoms with Gasteiger partial charge in [0.1, 0.15) is 5.75 Å². The van der Waals surface area contributed by atoms with E-state index in [0.29, 0.717) is 30.1 Å². The molecule has 0 spiro atoms. The average Bonchev–Trinajstić information content (AvgIpc) is 3.14. The highest BCUT2D eigenvalue weighted by Gasteiger charge is 2.38. The number of benzene rings is 1. The van der Waals surface area contributed by atoms with E-state index >= 15 is 0 Å². The average molecular weight is 370 g/mol. The van der Waals surface area contributed by atoms with Crippen molar-refractivity contribution in [1.82, 2.24) is 14.9 Å². The maximum Gasteiger partial charge on any atom is 0.332 e. The lowest BCUT2D eigenvalue weighted by molar-refractivity contribution is -0.151. The predicted octanol–water partition coefficient (Wildman–Crippen LogP) is 0.736. The Morgan fingerprint density at radius 3 is 2.96 bits per heavy atom. The highest BCUT2D eigenvalue weighted by atomic mass is 16.5. The predicted molar refractivity (Wildman–Crippen MR) is 93.3 cm³/mol. The zero-order valence-electron chi connectivity index (χ0n) is 14.4. The molecule has 2 aromatic rings. The molecule has 4 rings (SSSR count). The number of H-pyrrole nitrogens is 1. The SMILES string of the molecule is O=C(O)[C@@H]1c2nc[nH]c2CCN1C(=O)CCN1C(=O)COc2ccccc21. The van der Waals surface area contributed by atoms with Gasteiger partial charge < -0.3 is 24.6 Å². The molecular weight excluding hydrogens is 352 g/mol. The van der Waals surface area contributed by atoms with Crippen LogP contribution in [-0.2, 0) is 20.8 Å². The summed E-state index contributed by atoms with van der Waals surface area (Å²) in [6, 6.07) is 6.01. The van der Waals surface area contributed by atoms with E-state index < -0.39 is 12.0 Å². The molecule has 2 aliphatic rings. The first kappa shape index (κ1) is 17.1. The van der Waals surface area contributed by atoms with E-state index in [2.05, 4.69) is 9.97 Å². The number of rotatable bonds is 4. The van der Waals surface area contributed by atoms with Gasteiger partial charge in [0.05, 0.1) is 17.7 Å². The van der Waals surface area contributed by atoms with Gasteiger partial charge in [0, 0.05) is 31.6 Å². The smallest absolute Gasteiger partial charge is 0.332 e. The van der Waals surface area contributed by atoms with E-state index in [1.807, 2.05) is 6.07 Å². The lowest BCUT2D eigenvalue weighted by Crippen LogP contribution is -2.46. The van der Waals surface area contributed by atoms with Gasteiger partial charge in [0.2, 0.25) is 5.91 Å². The molecule has 1 aromatic carbocycles. The van der Waals surface area contributed by atoms with E-state index in [1.54, 1.807) is 18.2 Å². The number of anilines is 1. The first-order valence-corrected chi connectivity index (χ1v) is 8.63. The van der Waals surface area contributed by atoms with Gasteiger partial charge in [0.25, 0.3) is 5.91 Å². The molecule has 0 saturated heterocycles. The second-order valence-corrected chi connectivity index (χ2v) is 6.40. The summed E-state index contributed by atoms with van der Waals surface area (Å²) in [5, 5.41) is 9.58. The number of imidazole rings is 1. The molecule has 1 aromatic heterocycles. The van der Waals surface area contributed by atoms with Gasteiger partial charge in [-0.15, -0.1) is 0 Å². The number of carboxylic acids is 1. The third-order valence-corrected chi connectivity index (χ3v) is 4.84. The molecule has 0 aliphatic carbocycles. The number of carbonyl (C=O) groups excluding carboxylic acids is 2. The zero-order valence-corrected chi connectivity index (χ0v) is 14.4. The number of nitrogens with zero attached hydrogens (tertiary/aromatic N) is 3. The van der Waals surface area contributed by atoms with Gasteiger partial charge in [-0.25, -0.2) is 9.78 Å². The van der Waals surface area contributed by atoms with Crippen LogP contribution >= 0.6 is 0 Å². The number of aromatic amines is 1. The van der Waals surface area contributed by atoms with Gasteiger partial charge in [-0.1, -0.05) is 12.1 Å². The molecule has 2 N–H and O–H groups in total. The largest absolute Gasteiger partial charge is 0.482 e. The molecule has 2 aliphatic heterocycles. The lowest BCUT2D eigenvalue weighted by Gasteiger charge is -2.33. The van der Waals surface area contributed by atoms with Crippen LogP contribution in [0, 0.1) is 0 Å². The normalized spacial score (nSPS) is 18.5. The highest BCUT2D eigenvalue weighted by molar-refractivity contribution is 5.98. The van der Waals surface area contributed by atoms with E-state index in [1.165, 1.54) is 16.1 Å². The van der Waals surface area contributed by atoms with E-state index in [9.17, 15) is 19.5 Å². The number of hydrogen-bond donors (Lipinski definition) is 2. The summed E-state index contributed by atoms with van der Waals surface area (Å²) in [7, 11) is 0. The van der Waals surface area contributed by atoms with Crippen LogP contribution in [0.1, 0.15) is 23.9 Å². The maximum atomic E-state index is 12.8. The maximum absolute atomic E-state index is 12.8. The molecule has 0 saturated carbocycles. The Labute approximate surface area is 154 Å². The first-order chi connectivity index (χ1) is 13.1. The summed E-state index contributed by atoms with van der Waals surface area (Å²) >= 11 is 0. The molecule has 3 heterocycles. The Morgan fingerprint density at radius 2 is 2.15 bits per heavy atom. The topological polar surface area (TPSA) is 116 Å². The highest BCUT2D eigenvalue weighted by Crippen LogP contribution is 2.32. The summed E-state index contributed by atoms with van der Waals surface area (Å²) in [6.45, 7) is 0.371. The number of amides is 2. The second kappa shape index (κ2) is 6.75. The molecule has 0 unspecified atom stereocenters. The molecule has 140 valence electrons. The van der Waals surface area contributed by atoms with Gasteiger partial charge >= 0.3 is 5.97 Å². The Kier molecular flexibility index (Phi) is 4.27. The molecule has 9 heteroatoms. The number of carbonyl (C=O) groups is 3. The van der Waals surface area contributed by atoms with Crippen molar-refractivity contribution in [1.29, 1.82) is 0 Å². The van der Waals surface area contributed by atoms with Gasteiger partial charge in [0.15, 0.2) is 12.6 Å². The zero-order chi connectivity index (χ0) is 19.0. The van der Waals surface area contributed by atoms with Crippen LogP contribution < -0.4 is 9.64 Å². The Hall–Kier alpha value is -3.36. The van der Waals surface area contributed by atoms with E-state index in [0.717, 1.165) is 5.69 Å². The van der Waals surface area contributed by atoms with Crippen molar-refractivity contribution in [2.45, 2.75) is 18.9 Å². The molecule has 2 amide bonds. The van der Waals surface area contributed by atoms with Gasteiger partial charge in [-0.05, 0) is 12.1 Å². The minimum atomic E-state index is -1.12. The molecule has 1 atom stereocenters. The third-order valence-electron chi connectivity index (χ3n) is 4.84. The van der Waals surface area contributed by atoms with Crippen LogP contribution in [0.15, 0.2) is 30.6 Å². The number of aliphatic carboxylic acids is 1. The molecule has 0 bridgehead atoms. The fourth-order valence-corrected chi connectivity index (χ4v) is 3.55. The van der Waals surface area contributed by atoms with Crippen molar-refractivity contribution in [3.8, 4) is 5.75 Å². The molecule has 0 radical (unpaired) electrons. The number of aromatic nitrogens is 2. The fourth-order valence-electron chi connectivity index (χ4n) is 3.55. The van der Waals surface area contributed by atoms with Crippen LogP contribution in [0.5, 0.6) is 5.75 Å². The van der Waals surface area contributed by atoms with Crippen LogP contribution in [0.25, 0.3) is 0 Å². The molecular formula is C18H18N4O5. The first-order valence-electron chi connectivity index (χ1n) is 8.63. The van der Waals surface area contributed by atoms with Gasteiger partial charge in [-0.2, -0.15) is 0 Å². The quantitative estimate of drug-likeness (QED) is 0.820. The van der Waals surface area contributed by atoms with Crippen molar-refractivity contribution in [3.63, 3.8) is 0 Å². The minimum Gasteiger partial charge on any atom is -0.482 e. The number of ether oxygens (including phenoxy) is 1. The molecule has 9 nitrogen and oxygen atoms in total. The summed E-state index contributed by atoms with van der Waals surface area (Å²) < 4.78 is 5.39. The fraction of sp³-hybridized carbons (Fsp3) is 0.333. The number of fused-ring (bicyclic) bond motifs is 2. The summed E-state index contributed by atoms with van der Waals surface area (Å²) in [6.07, 6.45) is 1.98. The Morgan fingerprint density at radius 1 is 1.33 bits per heavy atom. The van der Waals surface area contributed by atoms with Crippen molar-refractivity contribution < 1.29 is 24.2 Å². The second-order valence-electron chi connectivity index (χ2n) is 6.40. The lowest BCUT2D eigenvalue weighted by atomic mass is 10.0. The van der Waals surface area contributed by atoms with E-state index in [-0.39, 0.29) is 31.4 Å². The molecule has 27 heavy (non-hydrogen) atoms. The monoisotopic (exact) mass is 370 g/mol. The summed E-state index contributed by atoms with van der Waals surface area (Å²) in [5.74, 6) is -1.09. The van der Waals surface area contributed by atoms with Crippen LogP contribution in [0.2, 0.25) is 0 Å². The van der Waals surface area contributed by atoms with Crippen molar-refractivity contribution >= 4 is 23.5 Å². The van der Waals surface area contributed by atoms with Gasteiger partial charge in [-0.3, -0.25) is 9.59 Å². The van der Waals surface area contributed by atoms with Crippen LogP contribution in [0.3, 0.4) is 0 Å². The number of nitrogens with one attached hydrogen (secondary N) is 1.